The van der Waals surface area contributed by atoms with E-state index >= 15 is 0 Å². The lowest BCUT2D eigenvalue weighted by Gasteiger charge is -2.35. The van der Waals surface area contributed by atoms with Crippen molar-refractivity contribution in [3.8, 4) is 0 Å². The topological polar surface area (TPSA) is 44.8 Å². The molecule has 2 unspecified atom stereocenters. The van der Waals surface area contributed by atoms with Crippen LogP contribution in [0, 0.1) is 0 Å². The molecule has 32 heavy (non-hydrogen) atoms. The number of ether oxygens (including phenoxy) is 3. The van der Waals surface area contributed by atoms with Crippen molar-refractivity contribution in [1.29, 1.82) is 0 Å². The smallest absolute Gasteiger partial charge is 0.410 e. The zero-order valence-electron chi connectivity index (χ0n) is 13.4. The Morgan fingerprint density at radius 2 is 1.06 bits per heavy atom. The highest BCUT2D eigenvalue weighted by molar-refractivity contribution is 5.79. The second kappa shape index (κ2) is 6.82. The summed E-state index contributed by atoms with van der Waals surface area (Å²) >= 11 is 0. The Kier molecular flexibility index (Phi) is 6.00. The van der Waals surface area contributed by atoms with Gasteiger partial charge in [0.2, 0.25) is 0 Å². The van der Waals surface area contributed by atoms with Gasteiger partial charge in [0, 0.05) is 0 Å². The number of alkyl halides is 18. The van der Waals surface area contributed by atoms with Gasteiger partial charge in [-0.15, -0.1) is 0 Å². The predicted octanol–water partition coefficient (Wildman–Crippen LogP) is 5.08. The molecule has 2 atom stereocenters. The van der Waals surface area contributed by atoms with E-state index in [1.807, 2.05) is 9.47 Å². The Morgan fingerprint density at radius 1 is 0.656 bits per heavy atom. The van der Waals surface area contributed by atoms with Crippen LogP contribution in [0.15, 0.2) is 0 Å². The van der Waals surface area contributed by atoms with E-state index in [1.165, 1.54) is 4.74 Å². The summed E-state index contributed by atoms with van der Waals surface area (Å²) in [7, 11) is 0. The lowest BCUT2D eigenvalue weighted by Crippen LogP contribution is -2.65. The van der Waals surface area contributed by atoms with Crippen molar-refractivity contribution < 1.29 is 98.0 Å². The van der Waals surface area contributed by atoms with Gasteiger partial charge in [0.1, 0.15) is 0 Å². The molecule has 0 N–H and O–H groups in total. The highest BCUT2D eigenvalue weighted by Crippen LogP contribution is 2.61. The number of hydrogen-bond acceptors (Lipinski definition) is 4. The zero-order chi connectivity index (χ0) is 26.2. The molecule has 22 heteroatoms. The molecule has 0 aromatic rings. The van der Waals surface area contributed by atoms with E-state index < -0.39 is 60.2 Å². The van der Waals surface area contributed by atoms with Crippen molar-refractivity contribution in [3.05, 3.63) is 0 Å². The molecule has 190 valence electrons. The van der Waals surface area contributed by atoms with Crippen LogP contribution in [0.3, 0.4) is 0 Å². The molecule has 1 fully saturated rings. The van der Waals surface area contributed by atoms with Gasteiger partial charge in [0.15, 0.2) is 0 Å². The van der Waals surface area contributed by atoms with Gasteiger partial charge < -0.3 is 4.74 Å². The molecule has 4 nitrogen and oxygen atoms in total. The van der Waals surface area contributed by atoms with Crippen LogP contribution in [0.1, 0.15) is 0 Å². The van der Waals surface area contributed by atoms with Crippen LogP contribution < -0.4 is 0 Å². The SMILES string of the molecule is O=C(OC1(F)C(F)(F)OC(F)(F)C1(F)F)C(F)(OC(F)(F)C(F)(F)C(F)(F)F)C(F)(F)F. The summed E-state index contributed by atoms with van der Waals surface area (Å²) in [5, 5.41) is 0. The van der Waals surface area contributed by atoms with E-state index in [4.69, 9.17) is 0 Å². The maximum absolute atomic E-state index is 13.7. The van der Waals surface area contributed by atoms with Gasteiger partial charge >= 0.3 is 60.2 Å². The van der Waals surface area contributed by atoms with Crippen molar-refractivity contribution in [3.63, 3.8) is 0 Å². The Balaban J connectivity index is 3.55. The van der Waals surface area contributed by atoms with Crippen molar-refractivity contribution in [1.82, 2.24) is 0 Å². The van der Waals surface area contributed by atoms with E-state index in [1.54, 1.807) is 0 Å². The first kappa shape index (κ1) is 28.2. The van der Waals surface area contributed by atoms with E-state index in [9.17, 15) is 83.8 Å². The first-order chi connectivity index (χ1) is 13.5. The van der Waals surface area contributed by atoms with E-state index in [-0.39, 0.29) is 0 Å². The Labute approximate surface area is 159 Å². The van der Waals surface area contributed by atoms with E-state index in [2.05, 4.69) is 0 Å². The molecule has 0 radical (unpaired) electrons. The van der Waals surface area contributed by atoms with Crippen LogP contribution in [-0.4, -0.2) is 60.2 Å². The number of hydrogen-bond donors (Lipinski definition) is 0. The number of carbonyl (C=O) groups excluding carboxylic acids is 1. The summed E-state index contributed by atoms with van der Waals surface area (Å²) in [6.45, 7) is 0. The molecule has 1 saturated heterocycles. The summed E-state index contributed by atoms with van der Waals surface area (Å²) < 4.78 is 235. The molecule has 0 spiro atoms. The summed E-state index contributed by atoms with van der Waals surface area (Å²) in [5.41, 5.74) is 0. The maximum Gasteiger partial charge on any atom is 0.462 e. The van der Waals surface area contributed by atoms with Crippen molar-refractivity contribution in [2.24, 2.45) is 0 Å². The van der Waals surface area contributed by atoms with Crippen molar-refractivity contribution in [2.75, 3.05) is 0 Å². The number of esters is 1. The third kappa shape index (κ3) is 3.67. The minimum atomic E-state index is -7.80. The molecule has 0 amide bonds. The highest BCUT2D eigenvalue weighted by atomic mass is 19.4. The standard InChI is InChI=1S/C10F18O4/c11-2(6(17,18)19,31-9(25,26)4(14,15)7(20,21)22)1(29)30-5(16)3(12,13)8(23,24)32-10(5,27)28. The van der Waals surface area contributed by atoms with Crippen LogP contribution in [0.4, 0.5) is 79.0 Å². The Hall–Kier alpha value is -1.87. The monoisotopic (exact) mass is 526 g/mol. The summed E-state index contributed by atoms with van der Waals surface area (Å²) in [6, 6.07) is 0. The number of carbonyl (C=O) groups is 1. The Morgan fingerprint density at radius 3 is 1.34 bits per heavy atom. The van der Waals surface area contributed by atoms with Gasteiger partial charge in [-0.25, -0.2) is 9.53 Å². The van der Waals surface area contributed by atoms with Gasteiger partial charge in [-0.3, -0.25) is 4.74 Å². The molecule has 0 aromatic carbocycles. The molecule has 0 aromatic heterocycles. The number of halogens is 18. The highest BCUT2D eigenvalue weighted by Gasteiger charge is 2.93. The molecule has 1 rings (SSSR count). The molecule has 1 aliphatic heterocycles. The lowest BCUT2D eigenvalue weighted by molar-refractivity contribution is -0.477. The average Bonchev–Trinajstić information content (AvgIpc) is 2.58. The van der Waals surface area contributed by atoms with Crippen LogP contribution in [0.25, 0.3) is 0 Å². The molecule has 1 heterocycles. The summed E-state index contributed by atoms with van der Waals surface area (Å²) in [4.78, 5) is 11.0. The fourth-order valence-corrected chi connectivity index (χ4v) is 1.60. The molecule has 0 aliphatic carbocycles. The first-order valence-electron chi connectivity index (χ1n) is 6.58. The maximum atomic E-state index is 13.7. The second-order valence-corrected chi connectivity index (χ2v) is 5.48. The van der Waals surface area contributed by atoms with Crippen molar-refractivity contribution >= 4 is 5.97 Å². The van der Waals surface area contributed by atoms with Gasteiger partial charge in [0.25, 0.3) is 0 Å². The summed E-state index contributed by atoms with van der Waals surface area (Å²) in [5.74, 6) is -34.7. The van der Waals surface area contributed by atoms with Crippen LogP contribution in [-0.2, 0) is 19.0 Å². The van der Waals surface area contributed by atoms with E-state index in [0.717, 1.165) is 0 Å². The average molecular weight is 526 g/mol. The van der Waals surface area contributed by atoms with Crippen molar-refractivity contribution in [2.45, 2.75) is 54.2 Å². The lowest BCUT2D eigenvalue weighted by atomic mass is 10.1. The molecule has 1 aliphatic rings. The summed E-state index contributed by atoms with van der Waals surface area (Å²) in [6.07, 6.45) is -36.6. The minimum Gasteiger partial charge on any atom is -0.410 e. The van der Waals surface area contributed by atoms with Gasteiger partial charge in [-0.2, -0.15) is 79.0 Å². The van der Waals surface area contributed by atoms with Gasteiger partial charge in [0.05, 0.1) is 0 Å². The van der Waals surface area contributed by atoms with Gasteiger partial charge in [-0.05, 0) is 0 Å². The van der Waals surface area contributed by atoms with Crippen LogP contribution >= 0.6 is 0 Å². The fourth-order valence-electron chi connectivity index (χ4n) is 1.60. The normalized spacial score (nSPS) is 27.7. The van der Waals surface area contributed by atoms with Crippen LogP contribution in [0.2, 0.25) is 0 Å². The molecular weight excluding hydrogens is 526 g/mol. The minimum absolute atomic E-state index is 1.43. The predicted molar refractivity (Wildman–Crippen MR) is 52.8 cm³/mol. The van der Waals surface area contributed by atoms with E-state index in [0.29, 0.717) is 0 Å². The Bertz CT molecular complexity index is 754. The largest absolute Gasteiger partial charge is 0.462 e. The quantitative estimate of drug-likeness (QED) is 0.371. The zero-order valence-corrected chi connectivity index (χ0v) is 13.4. The second-order valence-electron chi connectivity index (χ2n) is 5.48. The van der Waals surface area contributed by atoms with Crippen LogP contribution in [0.5, 0.6) is 0 Å². The van der Waals surface area contributed by atoms with Gasteiger partial charge in [-0.1, -0.05) is 0 Å². The third-order valence-electron chi connectivity index (χ3n) is 3.25. The molecule has 0 bridgehead atoms. The number of rotatable bonds is 5. The first-order valence-corrected chi connectivity index (χ1v) is 6.58. The fraction of sp³-hybridized carbons (Fsp3) is 0.900. The molecule has 0 saturated carbocycles. The molecular formula is C10F18O4. The third-order valence-corrected chi connectivity index (χ3v) is 3.25.